The molecule has 0 spiro atoms. The van der Waals surface area contributed by atoms with Crippen molar-refractivity contribution in [2.24, 2.45) is 5.84 Å². The fourth-order valence-electron chi connectivity index (χ4n) is 2.07. The van der Waals surface area contributed by atoms with Gasteiger partial charge in [0.15, 0.2) is 11.6 Å². The summed E-state index contributed by atoms with van der Waals surface area (Å²) in [4.78, 5) is 0. The Kier molecular flexibility index (Phi) is 4.72. The first-order valence-electron chi connectivity index (χ1n) is 6.23. The molecule has 0 radical (unpaired) electrons. The van der Waals surface area contributed by atoms with Gasteiger partial charge in [-0.2, -0.15) is 0 Å². The van der Waals surface area contributed by atoms with E-state index in [0.717, 1.165) is 12.1 Å². The van der Waals surface area contributed by atoms with Crippen LogP contribution in [0.5, 0.6) is 11.5 Å². The smallest absolute Gasteiger partial charge is 0.159 e. The van der Waals surface area contributed by atoms with Crippen molar-refractivity contribution in [2.45, 2.75) is 6.04 Å². The Balaban J connectivity index is 2.47. The molecule has 112 valence electrons. The molecule has 0 fully saturated rings. The second kappa shape index (κ2) is 6.51. The maximum absolute atomic E-state index is 13.4. The van der Waals surface area contributed by atoms with Crippen LogP contribution in [0.15, 0.2) is 36.4 Å². The van der Waals surface area contributed by atoms with Gasteiger partial charge in [0.25, 0.3) is 0 Å². The maximum atomic E-state index is 13.4. The molecule has 0 aliphatic carbocycles. The minimum absolute atomic E-state index is 0.492. The van der Waals surface area contributed by atoms with E-state index in [-0.39, 0.29) is 0 Å². The highest BCUT2D eigenvalue weighted by atomic mass is 19.2. The number of hydrogen-bond acceptors (Lipinski definition) is 4. The number of benzene rings is 2. The lowest BCUT2D eigenvalue weighted by Crippen LogP contribution is -2.29. The lowest BCUT2D eigenvalue weighted by molar-refractivity contribution is 0.392. The number of nitrogens with one attached hydrogen (secondary N) is 1. The first kappa shape index (κ1) is 15.2. The summed E-state index contributed by atoms with van der Waals surface area (Å²) < 4.78 is 36.8. The minimum atomic E-state index is -0.928. The van der Waals surface area contributed by atoms with Gasteiger partial charge in [-0.25, -0.2) is 14.2 Å². The van der Waals surface area contributed by atoms with Crippen molar-refractivity contribution >= 4 is 0 Å². The molecule has 0 aliphatic heterocycles. The summed E-state index contributed by atoms with van der Waals surface area (Å²) in [5.74, 6) is 4.88. The van der Waals surface area contributed by atoms with Crippen LogP contribution in [0.4, 0.5) is 8.78 Å². The Morgan fingerprint density at radius 1 is 0.905 bits per heavy atom. The zero-order valence-corrected chi connectivity index (χ0v) is 11.7. The molecule has 1 atom stereocenters. The van der Waals surface area contributed by atoms with Gasteiger partial charge in [0.1, 0.15) is 11.5 Å². The fourth-order valence-corrected chi connectivity index (χ4v) is 2.07. The van der Waals surface area contributed by atoms with Gasteiger partial charge in [-0.15, -0.1) is 0 Å². The van der Waals surface area contributed by atoms with Crippen LogP contribution in [-0.4, -0.2) is 14.2 Å². The Labute approximate surface area is 121 Å². The van der Waals surface area contributed by atoms with Crippen molar-refractivity contribution < 1.29 is 18.3 Å². The van der Waals surface area contributed by atoms with Crippen LogP contribution in [0.2, 0.25) is 0 Å². The summed E-state index contributed by atoms with van der Waals surface area (Å²) in [6.45, 7) is 0. The maximum Gasteiger partial charge on any atom is 0.159 e. The van der Waals surface area contributed by atoms with Crippen molar-refractivity contribution in [1.82, 2.24) is 5.43 Å². The number of rotatable bonds is 5. The number of hydrogen-bond donors (Lipinski definition) is 2. The van der Waals surface area contributed by atoms with E-state index < -0.39 is 17.7 Å². The third-order valence-electron chi connectivity index (χ3n) is 3.15. The Morgan fingerprint density at radius 2 is 1.52 bits per heavy atom. The number of ether oxygens (including phenoxy) is 2. The molecule has 6 heteroatoms. The molecule has 2 rings (SSSR count). The predicted octanol–water partition coefficient (Wildman–Crippen LogP) is 2.53. The van der Waals surface area contributed by atoms with Gasteiger partial charge in [0.2, 0.25) is 0 Å². The summed E-state index contributed by atoms with van der Waals surface area (Å²) in [5, 5.41) is 0. The topological polar surface area (TPSA) is 56.5 Å². The number of halogens is 2. The summed E-state index contributed by atoms with van der Waals surface area (Å²) in [5.41, 5.74) is 3.78. The van der Waals surface area contributed by atoms with E-state index in [1.807, 2.05) is 0 Å². The van der Waals surface area contributed by atoms with E-state index in [2.05, 4.69) is 5.43 Å². The van der Waals surface area contributed by atoms with Gasteiger partial charge in [-0.1, -0.05) is 6.07 Å². The van der Waals surface area contributed by atoms with E-state index >= 15 is 0 Å². The Morgan fingerprint density at radius 3 is 2.00 bits per heavy atom. The second-order valence-electron chi connectivity index (χ2n) is 4.42. The number of hydrazine groups is 1. The molecule has 2 aromatic rings. The van der Waals surface area contributed by atoms with Gasteiger partial charge in [-0.3, -0.25) is 5.84 Å². The van der Waals surface area contributed by atoms with E-state index in [4.69, 9.17) is 15.3 Å². The first-order chi connectivity index (χ1) is 10.1. The molecule has 2 aromatic carbocycles. The largest absolute Gasteiger partial charge is 0.497 e. The predicted molar refractivity (Wildman–Crippen MR) is 75.1 cm³/mol. The lowest BCUT2D eigenvalue weighted by Gasteiger charge is -2.19. The third kappa shape index (κ3) is 3.29. The van der Waals surface area contributed by atoms with E-state index in [1.54, 1.807) is 18.2 Å². The van der Waals surface area contributed by atoms with Crippen molar-refractivity contribution in [3.8, 4) is 11.5 Å². The normalized spacial score (nSPS) is 12.0. The molecular formula is C15H16F2N2O2. The first-order valence-corrected chi connectivity index (χ1v) is 6.23. The van der Waals surface area contributed by atoms with E-state index in [1.165, 1.54) is 20.3 Å². The highest BCUT2D eigenvalue weighted by Gasteiger charge is 2.16. The SMILES string of the molecule is COc1cc(OC)cc(C(NN)c2ccc(F)c(F)c2)c1. The lowest BCUT2D eigenvalue weighted by atomic mass is 9.98. The summed E-state index contributed by atoms with van der Waals surface area (Å²) >= 11 is 0. The molecule has 0 bridgehead atoms. The summed E-state index contributed by atoms with van der Waals surface area (Å²) in [7, 11) is 3.06. The average molecular weight is 294 g/mol. The van der Waals surface area contributed by atoms with E-state index in [9.17, 15) is 8.78 Å². The second-order valence-corrected chi connectivity index (χ2v) is 4.42. The molecule has 0 amide bonds. The zero-order valence-electron chi connectivity index (χ0n) is 11.7. The van der Waals surface area contributed by atoms with Crippen molar-refractivity contribution in [3.05, 3.63) is 59.2 Å². The van der Waals surface area contributed by atoms with Crippen LogP contribution in [0, 0.1) is 11.6 Å². The molecule has 0 heterocycles. The van der Waals surface area contributed by atoms with Crippen molar-refractivity contribution in [1.29, 1.82) is 0 Å². The molecule has 0 aliphatic rings. The van der Waals surface area contributed by atoms with Crippen LogP contribution in [0.1, 0.15) is 17.2 Å². The van der Waals surface area contributed by atoms with Gasteiger partial charge in [0, 0.05) is 6.07 Å². The van der Waals surface area contributed by atoms with E-state index in [0.29, 0.717) is 22.6 Å². The highest BCUT2D eigenvalue weighted by molar-refractivity contribution is 5.43. The standard InChI is InChI=1S/C15H16F2N2O2/c1-20-11-5-10(6-12(8-11)21-2)15(19-18)9-3-4-13(16)14(17)7-9/h3-8,15,19H,18H2,1-2H3. The Bertz CT molecular complexity index is 613. The number of nitrogens with two attached hydrogens (primary N) is 1. The van der Waals surface area contributed by atoms with Crippen LogP contribution in [0.3, 0.4) is 0 Å². The molecule has 21 heavy (non-hydrogen) atoms. The highest BCUT2D eigenvalue weighted by Crippen LogP contribution is 2.30. The van der Waals surface area contributed by atoms with Crippen LogP contribution < -0.4 is 20.7 Å². The molecule has 0 aromatic heterocycles. The van der Waals surface area contributed by atoms with Crippen LogP contribution >= 0.6 is 0 Å². The molecule has 0 saturated heterocycles. The van der Waals surface area contributed by atoms with Gasteiger partial charge in [-0.05, 0) is 35.4 Å². The molecular weight excluding hydrogens is 278 g/mol. The Hall–Kier alpha value is -2.18. The molecule has 3 N–H and O–H groups in total. The van der Waals surface area contributed by atoms with Crippen molar-refractivity contribution in [3.63, 3.8) is 0 Å². The van der Waals surface area contributed by atoms with Crippen molar-refractivity contribution in [2.75, 3.05) is 14.2 Å². The monoisotopic (exact) mass is 294 g/mol. The van der Waals surface area contributed by atoms with Gasteiger partial charge in [0.05, 0.1) is 20.3 Å². The summed E-state index contributed by atoms with van der Waals surface area (Å²) in [6.07, 6.45) is 0. The zero-order chi connectivity index (χ0) is 15.4. The van der Waals surface area contributed by atoms with Gasteiger partial charge >= 0.3 is 0 Å². The molecule has 4 nitrogen and oxygen atoms in total. The van der Waals surface area contributed by atoms with Crippen LogP contribution in [-0.2, 0) is 0 Å². The summed E-state index contributed by atoms with van der Waals surface area (Å²) in [6, 6.07) is 8.31. The quantitative estimate of drug-likeness (QED) is 0.657. The third-order valence-corrected chi connectivity index (χ3v) is 3.15. The fraction of sp³-hybridized carbons (Fsp3) is 0.200. The minimum Gasteiger partial charge on any atom is -0.497 e. The average Bonchev–Trinajstić information content (AvgIpc) is 2.51. The van der Waals surface area contributed by atoms with Crippen LogP contribution in [0.25, 0.3) is 0 Å². The van der Waals surface area contributed by atoms with Gasteiger partial charge < -0.3 is 9.47 Å². The molecule has 0 saturated carbocycles. The molecule has 1 unspecified atom stereocenters. The number of methoxy groups -OCH3 is 2.